The van der Waals surface area contributed by atoms with Gasteiger partial charge in [-0.05, 0) is 50.8 Å². The number of primary amides is 1. The second-order valence-electron chi connectivity index (χ2n) is 8.44. The third-order valence-corrected chi connectivity index (χ3v) is 5.28. The third kappa shape index (κ3) is 5.39. The SMILES string of the molecule is Cc1ccc(NC(=O)CN(C)C)cc1Nc1nc(Nc2cc(F)c(F)cc2C(N)=O)c2cc[nH]c2[nH+]1. The molecule has 0 saturated heterocycles. The van der Waals surface area contributed by atoms with E-state index in [0.29, 0.717) is 28.4 Å². The first-order valence-electron chi connectivity index (χ1n) is 10.9. The van der Waals surface area contributed by atoms with Crippen LogP contribution in [0.2, 0.25) is 0 Å². The summed E-state index contributed by atoms with van der Waals surface area (Å²) >= 11 is 0. The Morgan fingerprint density at radius 3 is 2.56 bits per heavy atom. The number of hydrogen-bond donors (Lipinski definition) is 5. The van der Waals surface area contributed by atoms with E-state index in [0.717, 1.165) is 17.7 Å². The molecule has 4 rings (SSSR count). The summed E-state index contributed by atoms with van der Waals surface area (Å²) in [6.07, 6.45) is 1.67. The smallest absolute Gasteiger partial charge is 0.351 e. The molecule has 7 N–H and O–H groups in total. The molecule has 10 nitrogen and oxygen atoms in total. The van der Waals surface area contributed by atoms with Crippen molar-refractivity contribution in [3.8, 4) is 0 Å². The van der Waals surface area contributed by atoms with Gasteiger partial charge >= 0.3 is 5.95 Å². The van der Waals surface area contributed by atoms with E-state index in [2.05, 4.69) is 30.9 Å². The summed E-state index contributed by atoms with van der Waals surface area (Å²) in [6, 6.07) is 8.72. The number of nitrogens with two attached hydrogens (primary N) is 1. The third-order valence-electron chi connectivity index (χ3n) is 5.28. The van der Waals surface area contributed by atoms with Crippen LogP contribution < -0.4 is 26.7 Å². The summed E-state index contributed by atoms with van der Waals surface area (Å²) in [4.78, 5) is 36.4. The number of nitrogens with zero attached hydrogens (tertiary/aromatic N) is 2. The Kier molecular flexibility index (Phi) is 6.79. The maximum Gasteiger partial charge on any atom is 0.351 e. The Bertz CT molecular complexity index is 1470. The summed E-state index contributed by atoms with van der Waals surface area (Å²) < 4.78 is 27.6. The number of H-pyrrole nitrogens is 2. The molecule has 0 radical (unpaired) electrons. The van der Waals surface area contributed by atoms with E-state index in [1.54, 1.807) is 43.4 Å². The molecule has 0 aliphatic carbocycles. The highest BCUT2D eigenvalue weighted by atomic mass is 19.2. The van der Waals surface area contributed by atoms with Gasteiger partial charge in [-0.25, -0.2) is 13.8 Å². The van der Waals surface area contributed by atoms with E-state index < -0.39 is 17.5 Å². The van der Waals surface area contributed by atoms with Crippen molar-refractivity contribution in [1.29, 1.82) is 0 Å². The molecule has 0 spiro atoms. The number of fused-ring (bicyclic) bond motifs is 1. The van der Waals surface area contributed by atoms with Gasteiger partial charge in [0.05, 0.1) is 28.9 Å². The van der Waals surface area contributed by atoms with E-state index in [-0.39, 0.29) is 29.5 Å². The van der Waals surface area contributed by atoms with E-state index in [1.165, 1.54) is 0 Å². The van der Waals surface area contributed by atoms with Gasteiger partial charge < -0.3 is 21.3 Å². The van der Waals surface area contributed by atoms with Crippen LogP contribution in [0.25, 0.3) is 11.0 Å². The summed E-state index contributed by atoms with van der Waals surface area (Å²) in [5, 5.41) is 9.51. The summed E-state index contributed by atoms with van der Waals surface area (Å²) in [5.74, 6) is -2.85. The van der Waals surface area contributed by atoms with E-state index in [4.69, 9.17) is 5.73 Å². The van der Waals surface area contributed by atoms with Crippen LogP contribution in [0.1, 0.15) is 15.9 Å². The van der Waals surface area contributed by atoms with Gasteiger partial charge in [0.2, 0.25) is 17.4 Å². The first-order chi connectivity index (χ1) is 17.1. The Morgan fingerprint density at radius 2 is 1.83 bits per heavy atom. The van der Waals surface area contributed by atoms with E-state index in [9.17, 15) is 18.4 Å². The number of carbonyl (C=O) groups excluding carboxylic acids is 2. The van der Waals surface area contributed by atoms with Crippen LogP contribution in [-0.2, 0) is 4.79 Å². The molecule has 2 aromatic carbocycles. The van der Waals surface area contributed by atoms with Gasteiger partial charge in [0, 0.05) is 18.0 Å². The van der Waals surface area contributed by atoms with Crippen LogP contribution >= 0.6 is 0 Å². The summed E-state index contributed by atoms with van der Waals surface area (Å²) in [6.45, 7) is 2.13. The van der Waals surface area contributed by atoms with Crippen molar-refractivity contribution in [2.75, 3.05) is 36.6 Å². The zero-order valence-electron chi connectivity index (χ0n) is 19.8. The standard InChI is InChI=1S/C24H24F2N8O2/c1-12-4-5-13(29-20(35)11-34(2)3)8-18(12)31-24-32-22-14(6-7-28-22)23(33-24)30-19-10-17(26)16(25)9-15(19)21(27)36/h4-10H,11H2,1-3H3,(H2,27,36)(H,29,35)(H3,28,30,31,32,33)/p+1. The van der Waals surface area contributed by atoms with Gasteiger partial charge in [0.1, 0.15) is 0 Å². The molecule has 0 aliphatic rings. The molecule has 0 aliphatic heterocycles. The lowest BCUT2D eigenvalue weighted by Crippen LogP contribution is -2.27. The minimum absolute atomic E-state index is 0.0321. The van der Waals surface area contributed by atoms with Crippen LogP contribution in [0, 0.1) is 18.6 Å². The summed E-state index contributed by atoms with van der Waals surface area (Å²) in [5.41, 5.74) is 7.83. The fourth-order valence-corrected chi connectivity index (χ4v) is 3.57. The van der Waals surface area contributed by atoms with Crippen LogP contribution in [0.15, 0.2) is 42.6 Å². The predicted molar refractivity (Wildman–Crippen MR) is 132 cm³/mol. The average molecular weight is 496 g/mol. The first-order valence-corrected chi connectivity index (χ1v) is 10.9. The molecule has 0 fully saturated rings. The minimum Gasteiger partial charge on any atom is -0.366 e. The van der Waals surface area contributed by atoms with Gasteiger partial charge in [-0.2, -0.15) is 0 Å². The molecular weight excluding hydrogens is 470 g/mol. The highest BCUT2D eigenvalue weighted by Gasteiger charge is 2.20. The Labute approximate surface area is 204 Å². The maximum absolute atomic E-state index is 13.9. The molecule has 12 heteroatoms. The molecule has 2 amide bonds. The largest absolute Gasteiger partial charge is 0.366 e. The van der Waals surface area contributed by atoms with Crippen molar-refractivity contribution in [2.45, 2.75) is 6.92 Å². The summed E-state index contributed by atoms with van der Waals surface area (Å²) in [7, 11) is 3.61. The molecule has 36 heavy (non-hydrogen) atoms. The number of carbonyl (C=O) groups is 2. The number of amides is 2. The normalized spacial score (nSPS) is 11.1. The lowest BCUT2D eigenvalue weighted by atomic mass is 10.1. The first kappa shape index (κ1) is 24.5. The lowest BCUT2D eigenvalue weighted by Gasteiger charge is -2.12. The number of aromatic amines is 2. The van der Waals surface area contributed by atoms with E-state index in [1.807, 2.05) is 13.0 Å². The Morgan fingerprint density at radius 1 is 1.08 bits per heavy atom. The molecule has 0 atom stereocenters. The van der Waals surface area contributed by atoms with Crippen LogP contribution in [0.4, 0.5) is 37.6 Å². The molecule has 2 aromatic heterocycles. The predicted octanol–water partition coefficient (Wildman–Crippen LogP) is 3.05. The number of anilines is 5. The van der Waals surface area contributed by atoms with Crippen LogP contribution in [0.3, 0.4) is 0 Å². The van der Waals surface area contributed by atoms with Gasteiger partial charge in [0.15, 0.2) is 11.6 Å². The fourth-order valence-electron chi connectivity index (χ4n) is 3.57. The minimum atomic E-state index is -1.19. The topological polar surface area (TPSA) is 142 Å². The van der Waals surface area contributed by atoms with Gasteiger partial charge in [-0.1, -0.05) is 11.1 Å². The molecule has 0 unspecified atom stereocenters. The highest BCUT2D eigenvalue weighted by molar-refractivity contribution is 6.00. The lowest BCUT2D eigenvalue weighted by molar-refractivity contribution is -0.333. The number of nitrogens with one attached hydrogen (secondary N) is 5. The van der Waals surface area contributed by atoms with Crippen molar-refractivity contribution >= 4 is 51.7 Å². The molecule has 4 aromatic rings. The van der Waals surface area contributed by atoms with Gasteiger partial charge in [-0.15, -0.1) is 0 Å². The molecule has 2 heterocycles. The van der Waals surface area contributed by atoms with Gasteiger partial charge in [-0.3, -0.25) is 19.9 Å². The monoisotopic (exact) mass is 495 g/mol. The number of likely N-dealkylation sites (N-methyl/N-ethyl adjacent to an activating group) is 1. The van der Waals surface area contributed by atoms with E-state index >= 15 is 0 Å². The molecular formula is C24H25F2N8O2+. The molecule has 186 valence electrons. The fraction of sp³-hybridized carbons (Fsp3) is 0.167. The molecule has 0 saturated carbocycles. The highest BCUT2D eigenvalue weighted by Crippen LogP contribution is 2.28. The van der Waals surface area contributed by atoms with Crippen molar-refractivity contribution in [2.24, 2.45) is 5.73 Å². The zero-order valence-corrected chi connectivity index (χ0v) is 19.8. The maximum atomic E-state index is 13.9. The van der Waals surface area contributed by atoms with Crippen molar-refractivity contribution in [1.82, 2.24) is 14.9 Å². The Balaban J connectivity index is 1.68. The number of aryl methyl sites for hydroxylation is 1. The van der Waals surface area contributed by atoms with Crippen molar-refractivity contribution in [3.63, 3.8) is 0 Å². The van der Waals surface area contributed by atoms with Gasteiger partial charge in [0.25, 0.3) is 5.91 Å². The number of aromatic nitrogens is 3. The number of halogens is 2. The van der Waals surface area contributed by atoms with Crippen LogP contribution in [0.5, 0.6) is 0 Å². The second-order valence-corrected chi connectivity index (χ2v) is 8.44. The van der Waals surface area contributed by atoms with Crippen molar-refractivity contribution < 1.29 is 23.4 Å². The molecule has 0 bridgehead atoms. The zero-order chi connectivity index (χ0) is 26.0. The van der Waals surface area contributed by atoms with Crippen LogP contribution in [-0.4, -0.2) is 47.3 Å². The number of rotatable bonds is 8. The van der Waals surface area contributed by atoms with Crippen molar-refractivity contribution in [3.05, 3.63) is 65.4 Å². The number of benzene rings is 2. The Hall–Kier alpha value is -4.58. The average Bonchev–Trinajstić information content (AvgIpc) is 3.26. The number of hydrogen-bond acceptors (Lipinski definition) is 6. The quantitative estimate of drug-likeness (QED) is 0.254. The second kappa shape index (κ2) is 9.96.